The van der Waals surface area contributed by atoms with Crippen molar-refractivity contribution in [1.29, 1.82) is 0 Å². The van der Waals surface area contributed by atoms with Crippen molar-refractivity contribution < 1.29 is 24.2 Å². The van der Waals surface area contributed by atoms with Crippen molar-refractivity contribution in [1.82, 2.24) is 10.6 Å². The zero-order chi connectivity index (χ0) is 16.3. The van der Waals surface area contributed by atoms with Gasteiger partial charge in [0.25, 0.3) is 0 Å². The van der Waals surface area contributed by atoms with Crippen molar-refractivity contribution >= 4 is 18.0 Å². The highest BCUT2D eigenvalue weighted by molar-refractivity contribution is 5.86. The number of hydrogen-bond acceptors (Lipinski definition) is 4. The Morgan fingerprint density at radius 3 is 2.38 bits per heavy atom. The Kier molecular flexibility index (Phi) is 10.0. The van der Waals surface area contributed by atoms with E-state index < -0.39 is 30.4 Å². The molecule has 21 heavy (non-hydrogen) atoms. The minimum absolute atomic E-state index is 0.375. The summed E-state index contributed by atoms with van der Waals surface area (Å²) in [6.07, 6.45) is 3.78. The SMILES string of the molecule is CCCCC(CC)CNC(=O)N[C@@H](CC(=O)OC)C(=O)O. The summed E-state index contributed by atoms with van der Waals surface area (Å²) in [6, 6.07) is -1.87. The second-order valence-electron chi connectivity index (χ2n) is 4.94. The predicted octanol–water partition coefficient (Wildman–Crippen LogP) is 1.52. The van der Waals surface area contributed by atoms with Gasteiger partial charge in [0.15, 0.2) is 0 Å². The van der Waals surface area contributed by atoms with Crippen molar-refractivity contribution in [2.45, 2.75) is 52.0 Å². The number of ether oxygens (including phenoxy) is 1. The maximum Gasteiger partial charge on any atom is 0.326 e. The second-order valence-corrected chi connectivity index (χ2v) is 4.94. The third kappa shape index (κ3) is 8.88. The molecule has 0 aromatic carbocycles. The zero-order valence-corrected chi connectivity index (χ0v) is 13.0. The molecule has 1 unspecified atom stereocenters. The third-order valence-corrected chi connectivity index (χ3v) is 3.30. The van der Waals surface area contributed by atoms with Gasteiger partial charge in [-0.2, -0.15) is 0 Å². The highest BCUT2D eigenvalue weighted by atomic mass is 16.5. The van der Waals surface area contributed by atoms with E-state index in [0.717, 1.165) is 25.7 Å². The second kappa shape index (κ2) is 10.9. The van der Waals surface area contributed by atoms with Crippen LogP contribution in [0.1, 0.15) is 46.0 Å². The highest BCUT2D eigenvalue weighted by Crippen LogP contribution is 2.11. The van der Waals surface area contributed by atoms with E-state index in [-0.39, 0.29) is 0 Å². The summed E-state index contributed by atoms with van der Waals surface area (Å²) in [6.45, 7) is 4.65. The average molecular weight is 302 g/mol. The van der Waals surface area contributed by atoms with Crippen LogP contribution >= 0.6 is 0 Å². The van der Waals surface area contributed by atoms with E-state index in [1.807, 2.05) is 0 Å². The van der Waals surface area contributed by atoms with E-state index in [4.69, 9.17) is 5.11 Å². The molecule has 0 aliphatic rings. The van der Waals surface area contributed by atoms with Gasteiger partial charge in [0.2, 0.25) is 0 Å². The van der Waals surface area contributed by atoms with Gasteiger partial charge in [0.1, 0.15) is 6.04 Å². The number of esters is 1. The van der Waals surface area contributed by atoms with Crippen LogP contribution in [0.5, 0.6) is 0 Å². The van der Waals surface area contributed by atoms with Gasteiger partial charge in [-0.25, -0.2) is 9.59 Å². The van der Waals surface area contributed by atoms with Crippen LogP contribution < -0.4 is 10.6 Å². The Morgan fingerprint density at radius 1 is 1.24 bits per heavy atom. The van der Waals surface area contributed by atoms with Crippen LogP contribution in [0.4, 0.5) is 4.79 Å². The van der Waals surface area contributed by atoms with Crippen LogP contribution in [0.2, 0.25) is 0 Å². The van der Waals surface area contributed by atoms with Gasteiger partial charge in [-0.3, -0.25) is 4.79 Å². The Labute approximate surface area is 125 Å². The molecular formula is C14H26N2O5. The maximum absolute atomic E-state index is 11.7. The van der Waals surface area contributed by atoms with Crippen LogP contribution in [-0.2, 0) is 14.3 Å². The molecule has 2 amide bonds. The lowest BCUT2D eigenvalue weighted by Gasteiger charge is -2.17. The number of aliphatic carboxylic acids is 1. The van der Waals surface area contributed by atoms with Gasteiger partial charge in [0.05, 0.1) is 13.5 Å². The molecule has 122 valence electrons. The maximum atomic E-state index is 11.7. The molecule has 7 heteroatoms. The molecule has 0 heterocycles. The van der Waals surface area contributed by atoms with Crippen molar-refractivity contribution in [3.05, 3.63) is 0 Å². The number of carboxylic acid groups (broad SMARTS) is 1. The van der Waals surface area contributed by atoms with Gasteiger partial charge in [-0.1, -0.05) is 33.1 Å². The summed E-state index contributed by atoms with van der Waals surface area (Å²) >= 11 is 0. The Morgan fingerprint density at radius 2 is 1.90 bits per heavy atom. The van der Waals surface area contributed by atoms with Crippen LogP contribution in [0.25, 0.3) is 0 Å². The molecular weight excluding hydrogens is 276 g/mol. The lowest BCUT2D eigenvalue weighted by molar-refractivity contribution is -0.147. The Hall–Kier alpha value is -1.79. The van der Waals surface area contributed by atoms with E-state index in [9.17, 15) is 14.4 Å². The fourth-order valence-electron chi connectivity index (χ4n) is 1.84. The number of hydrogen-bond donors (Lipinski definition) is 3. The fraction of sp³-hybridized carbons (Fsp3) is 0.786. The summed E-state index contributed by atoms with van der Waals surface area (Å²) < 4.78 is 4.40. The third-order valence-electron chi connectivity index (χ3n) is 3.30. The largest absolute Gasteiger partial charge is 0.480 e. The van der Waals surface area contributed by atoms with Crippen molar-refractivity contribution in [3.8, 4) is 0 Å². The number of unbranched alkanes of at least 4 members (excludes halogenated alkanes) is 1. The van der Waals surface area contributed by atoms with Crippen molar-refractivity contribution in [2.24, 2.45) is 5.92 Å². The fourth-order valence-corrected chi connectivity index (χ4v) is 1.84. The molecule has 0 saturated heterocycles. The molecule has 0 bridgehead atoms. The van der Waals surface area contributed by atoms with E-state index in [1.54, 1.807) is 0 Å². The number of carbonyl (C=O) groups is 3. The number of nitrogens with one attached hydrogen (secondary N) is 2. The molecule has 7 nitrogen and oxygen atoms in total. The van der Waals surface area contributed by atoms with Crippen LogP contribution in [0, 0.1) is 5.92 Å². The Balaban J connectivity index is 4.24. The minimum atomic E-state index is -1.28. The molecule has 2 atom stereocenters. The highest BCUT2D eigenvalue weighted by Gasteiger charge is 2.23. The molecule has 3 N–H and O–H groups in total. The van der Waals surface area contributed by atoms with E-state index >= 15 is 0 Å². The molecule has 0 aromatic heterocycles. The standard InChI is InChI=1S/C14H26N2O5/c1-4-6-7-10(5-2)9-15-14(20)16-11(13(18)19)8-12(17)21-3/h10-11H,4-9H2,1-3H3,(H,18,19)(H2,15,16,20)/t10?,11-/m0/s1. The first kappa shape index (κ1) is 19.2. The molecule has 0 rings (SSSR count). The summed E-state index contributed by atoms with van der Waals surface area (Å²) in [5.74, 6) is -1.58. The summed E-state index contributed by atoms with van der Waals surface area (Å²) in [7, 11) is 1.17. The number of urea groups is 1. The number of amides is 2. The van der Waals surface area contributed by atoms with E-state index in [2.05, 4.69) is 29.2 Å². The quantitative estimate of drug-likeness (QED) is 0.531. The number of methoxy groups -OCH3 is 1. The number of rotatable bonds is 10. The first-order valence-corrected chi connectivity index (χ1v) is 7.28. The topological polar surface area (TPSA) is 105 Å². The van der Waals surface area contributed by atoms with E-state index in [0.29, 0.717) is 12.5 Å². The van der Waals surface area contributed by atoms with Gasteiger partial charge < -0.3 is 20.5 Å². The van der Waals surface area contributed by atoms with Crippen molar-refractivity contribution in [3.63, 3.8) is 0 Å². The molecule has 0 aliphatic carbocycles. The molecule has 0 fully saturated rings. The smallest absolute Gasteiger partial charge is 0.326 e. The summed E-state index contributed by atoms with van der Waals surface area (Å²) in [4.78, 5) is 33.7. The zero-order valence-electron chi connectivity index (χ0n) is 13.0. The molecule has 0 radical (unpaired) electrons. The molecule has 0 aliphatic heterocycles. The molecule has 0 aromatic rings. The van der Waals surface area contributed by atoms with Gasteiger partial charge in [-0.05, 0) is 12.3 Å². The predicted molar refractivity (Wildman–Crippen MR) is 77.9 cm³/mol. The van der Waals surface area contributed by atoms with Crippen LogP contribution in [0.3, 0.4) is 0 Å². The first-order valence-electron chi connectivity index (χ1n) is 7.28. The Bertz CT molecular complexity index is 346. The number of carbonyl (C=O) groups excluding carboxylic acids is 2. The van der Waals surface area contributed by atoms with Gasteiger partial charge in [0, 0.05) is 6.54 Å². The minimum Gasteiger partial charge on any atom is -0.480 e. The molecule has 0 saturated carbocycles. The van der Waals surface area contributed by atoms with Crippen LogP contribution in [-0.4, -0.2) is 42.8 Å². The first-order chi connectivity index (χ1) is 9.94. The monoisotopic (exact) mass is 302 g/mol. The summed E-state index contributed by atoms with van der Waals surface area (Å²) in [5.41, 5.74) is 0. The van der Waals surface area contributed by atoms with Gasteiger partial charge in [-0.15, -0.1) is 0 Å². The molecule has 0 spiro atoms. The lowest BCUT2D eigenvalue weighted by Crippen LogP contribution is -2.48. The summed E-state index contributed by atoms with van der Waals surface area (Å²) in [5, 5.41) is 13.9. The normalized spacial score (nSPS) is 13.1. The van der Waals surface area contributed by atoms with E-state index in [1.165, 1.54) is 7.11 Å². The number of carboxylic acids is 1. The average Bonchev–Trinajstić information content (AvgIpc) is 2.46. The lowest BCUT2D eigenvalue weighted by atomic mass is 9.99. The van der Waals surface area contributed by atoms with Gasteiger partial charge >= 0.3 is 18.0 Å². The van der Waals surface area contributed by atoms with Crippen molar-refractivity contribution in [2.75, 3.05) is 13.7 Å². The van der Waals surface area contributed by atoms with Crippen LogP contribution in [0.15, 0.2) is 0 Å².